The molecule has 2 aliphatic carbocycles. The van der Waals surface area contributed by atoms with Crippen LogP contribution in [0.1, 0.15) is 38.5 Å². The molecule has 0 bridgehead atoms. The van der Waals surface area contributed by atoms with Gasteiger partial charge in [-0.25, -0.2) is 0 Å². The average molecular weight is 380 g/mol. The van der Waals surface area contributed by atoms with E-state index in [1.165, 1.54) is 19.3 Å². The van der Waals surface area contributed by atoms with Crippen LogP contribution >= 0.6 is 0 Å². The molecule has 27 heavy (non-hydrogen) atoms. The highest BCUT2D eigenvalue weighted by molar-refractivity contribution is 5.80. The predicted octanol–water partition coefficient (Wildman–Crippen LogP) is 0.912. The Bertz CT molecular complexity index is 483. The highest BCUT2D eigenvalue weighted by Crippen LogP contribution is 2.29. The molecule has 0 aromatic heterocycles. The van der Waals surface area contributed by atoms with Gasteiger partial charge < -0.3 is 20.3 Å². The van der Waals surface area contributed by atoms with E-state index in [0.717, 1.165) is 90.2 Å². The van der Waals surface area contributed by atoms with Crippen LogP contribution in [0.2, 0.25) is 0 Å². The van der Waals surface area contributed by atoms with E-state index in [2.05, 4.69) is 25.4 Å². The van der Waals surface area contributed by atoms with Crippen molar-refractivity contribution in [3.8, 4) is 0 Å². The summed E-state index contributed by atoms with van der Waals surface area (Å²) in [7, 11) is 1.81. The van der Waals surface area contributed by atoms with Crippen molar-refractivity contribution in [2.24, 2.45) is 16.8 Å². The lowest BCUT2D eigenvalue weighted by atomic mass is 9.84. The number of ether oxygens (including phenoxy) is 1. The molecule has 0 spiro atoms. The van der Waals surface area contributed by atoms with E-state index < -0.39 is 0 Å². The quantitative estimate of drug-likeness (QED) is 0.335. The SMILES string of the molecule is CN=C(NCCCOCC1CC1)NCCN1CCN(C(=O)C2CCC2)CC1. The van der Waals surface area contributed by atoms with Crippen LogP contribution in [0.25, 0.3) is 0 Å². The van der Waals surface area contributed by atoms with Crippen molar-refractivity contribution in [1.82, 2.24) is 20.4 Å². The third-order valence-electron chi connectivity index (χ3n) is 5.89. The van der Waals surface area contributed by atoms with Gasteiger partial charge in [0.1, 0.15) is 0 Å². The fraction of sp³-hybridized carbons (Fsp3) is 0.900. The van der Waals surface area contributed by atoms with Gasteiger partial charge in [0.25, 0.3) is 0 Å². The molecule has 7 nitrogen and oxygen atoms in total. The molecule has 1 saturated heterocycles. The Hall–Kier alpha value is -1.34. The molecule has 0 atom stereocenters. The van der Waals surface area contributed by atoms with Crippen LogP contribution in [0.4, 0.5) is 0 Å². The largest absolute Gasteiger partial charge is 0.381 e. The zero-order valence-electron chi connectivity index (χ0n) is 16.9. The number of carbonyl (C=O) groups is 1. The van der Waals surface area contributed by atoms with Gasteiger partial charge in [0, 0.05) is 72.0 Å². The summed E-state index contributed by atoms with van der Waals surface area (Å²) < 4.78 is 5.65. The summed E-state index contributed by atoms with van der Waals surface area (Å²) >= 11 is 0. The lowest BCUT2D eigenvalue weighted by Gasteiger charge is -2.38. The Kier molecular flexibility index (Phi) is 8.20. The number of aliphatic imine (C=N–C) groups is 1. The van der Waals surface area contributed by atoms with Crippen molar-refractivity contribution in [1.29, 1.82) is 0 Å². The fourth-order valence-corrected chi connectivity index (χ4v) is 3.57. The first kappa shape index (κ1) is 20.4. The molecule has 2 saturated carbocycles. The molecular weight excluding hydrogens is 342 g/mol. The molecule has 154 valence electrons. The van der Waals surface area contributed by atoms with Crippen molar-refractivity contribution in [2.45, 2.75) is 38.5 Å². The molecular formula is C20H37N5O2. The molecule has 0 aromatic carbocycles. The summed E-state index contributed by atoms with van der Waals surface area (Å²) in [5.41, 5.74) is 0. The molecule has 3 aliphatic rings. The summed E-state index contributed by atoms with van der Waals surface area (Å²) in [6.45, 7) is 8.20. The molecule has 2 N–H and O–H groups in total. The Balaban J connectivity index is 1.19. The standard InChI is InChI=1S/C20H37N5O2/c1-21-20(22-8-3-15-27-16-17-6-7-17)23-9-10-24-11-13-25(14-12-24)19(26)18-4-2-5-18/h17-18H,2-16H2,1H3,(H2,21,22,23). The normalized spacial score (nSPS) is 21.8. The summed E-state index contributed by atoms with van der Waals surface area (Å²) in [6.07, 6.45) is 7.13. The number of hydrogen-bond acceptors (Lipinski definition) is 4. The molecule has 1 heterocycles. The topological polar surface area (TPSA) is 69.2 Å². The second kappa shape index (κ2) is 10.9. The van der Waals surface area contributed by atoms with Gasteiger partial charge in [-0.05, 0) is 38.0 Å². The number of rotatable bonds is 10. The first-order valence-electron chi connectivity index (χ1n) is 10.8. The van der Waals surface area contributed by atoms with Crippen LogP contribution in [0.5, 0.6) is 0 Å². The third kappa shape index (κ3) is 6.96. The van der Waals surface area contributed by atoms with Crippen molar-refractivity contribution in [3.63, 3.8) is 0 Å². The molecule has 0 radical (unpaired) electrons. The zero-order valence-corrected chi connectivity index (χ0v) is 16.9. The average Bonchev–Trinajstić information content (AvgIpc) is 3.46. The summed E-state index contributed by atoms with van der Waals surface area (Å²) in [4.78, 5) is 21.1. The minimum atomic E-state index is 0.326. The monoisotopic (exact) mass is 379 g/mol. The molecule has 7 heteroatoms. The van der Waals surface area contributed by atoms with Gasteiger partial charge in [-0.2, -0.15) is 0 Å². The Labute approximate surface area is 163 Å². The minimum Gasteiger partial charge on any atom is -0.381 e. The molecule has 3 rings (SSSR count). The molecule has 1 aliphatic heterocycles. The van der Waals surface area contributed by atoms with Crippen LogP contribution in [0, 0.1) is 11.8 Å². The van der Waals surface area contributed by atoms with E-state index in [-0.39, 0.29) is 0 Å². The van der Waals surface area contributed by atoms with Gasteiger partial charge in [0.15, 0.2) is 5.96 Å². The molecule has 3 fully saturated rings. The van der Waals surface area contributed by atoms with Crippen molar-refractivity contribution in [3.05, 3.63) is 0 Å². The molecule has 1 amide bonds. The van der Waals surface area contributed by atoms with Crippen LogP contribution < -0.4 is 10.6 Å². The Morgan fingerprint density at radius 3 is 2.44 bits per heavy atom. The van der Waals surface area contributed by atoms with Gasteiger partial charge >= 0.3 is 0 Å². The number of nitrogens with zero attached hydrogens (tertiary/aromatic N) is 3. The Morgan fingerprint density at radius 1 is 1.07 bits per heavy atom. The number of carbonyl (C=O) groups excluding carboxylic acids is 1. The summed E-state index contributed by atoms with van der Waals surface area (Å²) in [5.74, 6) is 2.41. The van der Waals surface area contributed by atoms with Gasteiger partial charge in [0.05, 0.1) is 0 Å². The number of hydrogen-bond donors (Lipinski definition) is 2. The van der Waals surface area contributed by atoms with Crippen LogP contribution in [-0.4, -0.2) is 87.7 Å². The maximum Gasteiger partial charge on any atom is 0.225 e. The van der Waals surface area contributed by atoms with E-state index in [1.807, 2.05) is 7.05 Å². The number of nitrogens with one attached hydrogen (secondary N) is 2. The number of amides is 1. The van der Waals surface area contributed by atoms with E-state index in [4.69, 9.17) is 4.74 Å². The summed E-state index contributed by atoms with van der Waals surface area (Å²) in [6, 6.07) is 0. The number of guanidine groups is 1. The molecule has 0 unspecified atom stereocenters. The van der Waals surface area contributed by atoms with Crippen molar-refractivity contribution >= 4 is 11.9 Å². The fourth-order valence-electron chi connectivity index (χ4n) is 3.57. The second-order valence-corrected chi connectivity index (χ2v) is 8.09. The highest BCUT2D eigenvalue weighted by atomic mass is 16.5. The van der Waals surface area contributed by atoms with E-state index in [9.17, 15) is 4.79 Å². The first-order valence-corrected chi connectivity index (χ1v) is 10.8. The number of piperazine rings is 1. The van der Waals surface area contributed by atoms with Gasteiger partial charge in [0.2, 0.25) is 5.91 Å². The lowest BCUT2D eigenvalue weighted by Crippen LogP contribution is -2.52. The highest BCUT2D eigenvalue weighted by Gasteiger charge is 2.31. The summed E-state index contributed by atoms with van der Waals surface area (Å²) in [5, 5.41) is 6.73. The van der Waals surface area contributed by atoms with Gasteiger partial charge in [-0.1, -0.05) is 6.42 Å². The van der Waals surface area contributed by atoms with Crippen molar-refractivity contribution < 1.29 is 9.53 Å². The maximum absolute atomic E-state index is 12.3. The predicted molar refractivity (Wildman–Crippen MR) is 108 cm³/mol. The van der Waals surface area contributed by atoms with Crippen molar-refractivity contribution in [2.75, 3.05) is 66.1 Å². The van der Waals surface area contributed by atoms with E-state index >= 15 is 0 Å². The zero-order chi connectivity index (χ0) is 18.9. The minimum absolute atomic E-state index is 0.326. The third-order valence-corrected chi connectivity index (χ3v) is 5.89. The second-order valence-electron chi connectivity index (χ2n) is 8.09. The lowest BCUT2D eigenvalue weighted by molar-refractivity contribution is -0.139. The van der Waals surface area contributed by atoms with Crippen LogP contribution in [-0.2, 0) is 9.53 Å². The van der Waals surface area contributed by atoms with E-state index in [0.29, 0.717) is 11.8 Å². The van der Waals surface area contributed by atoms with Gasteiger partial charge in [-0.15, -0.1) is 0 Å². The van der Waals surface area contributed by atoms with E-state index in [1.54, 1.807) is 0 Å². The maximum atomic E-state index is 12.3. The van der Waals surface area contributed by atoms with Crippen LogP contribution in [0.15, 0.2) is 4.99 Å². The molecule has 0 aromatic rings. The smallest absolute Gasteiger partial charge is 0.225 e. The first-order chi connectivity index (χ1) is 13.3. The Morgan fingerprint density at radius 2 is 1.81 bits per heavy atom. The van der Waals surface area contributed by atoms with Crippen LogP contribution in [0.3, 0.4) is 0 Å². The van der Waals surface area contributed by atoms with Gasteiger partial charge in [-0.3, -0.25) is 14.7 Å².